The number of halogens is 1. The largest absolute Gasteiger partial charge is 0.478 e. The summed E-state index contributed by atoms with van der Waals surface area (Å²) in [6, 6.07) is 18.0. The number of rotatable bonds is 10. The molecule has 0 amide bonds. The van der Waals surface area contributed by atoms with Crippen molar-refractivity contribution in [2.24, 2.45) is 0 Å². The van der Waals surface area contributed by atoms with Gasteiger partial charge in [-0.05, 0) is 56.6 Å². The Hall–Kier alpha value is -2.76. The van der Waals surface area contributed by atoms with Crippen LogP contribution in [0, 0.1) is 13.8 Å². The van der Waals surface area contributed by atoms with Crippen LogP contribution in [-0.2, 0) is 13.1 Å². The maximum absolute atomic E-state index is 12.0. The van der Waals surface area contributed by atoms with Crippen molar-refractivity contribution in [2.75, 3.05) is 25.0 Å². The molecule has 0 saturated carbocycles. The first-order chi connectivity index (χ1) is 14.9. The van der Waals surface area contributed by atoms with Gasteiger partial charge in [0.2, 0.25) is 0 Å². The Bertz CT molecular complexity index is 1030. The van der Waals surface area contributed by atoms with E-state index in [0.717, 1.165) is 42.0 Å². The highest BCUT2D eigenvalue weighted by atomic mass is 35.5. The van der Waals surface area contributed by atoms with E-state index >= 15 is 0 Å². The summed E-state index contributed by atoms with van der Waals surface area (Å²) in [5.74, 6) is -0.883. The number of hydrogen-bond acceptors (Lipinski definition) is 3. The van der Waals surface area contributed by atoms with Gasteiger partial charge in [0.15, 0.2) is 0 Å². The molecule has 2 N–H and O–H groups in total. The summed E-state index contributed by atoms with van der Waals surface area (Å²) in [6.07, 6.45) is 0.967. The zero-order valence-electron chi connectivity index (χ0n) is 18.4. The van der Waals surface area contributed by atoms with Crippen molar-refractivity contribution in [3.05, 3.63) is 87.7 Å². The standard InChI is InChI=1S/C25H30ClN3O2/c1-18-23(16-27-13-8-14-28(3)22-11-5-4-6-12-22)24(25(30)31)19(2)29(18)17-20-9-7-10-21(26)15-20/h4-7,9-12,15,27H,8,13-14,16-17H2,1-3H3,(H,30,31). The Kier molecular flexibility index (Phi) is 7.77. The molecular weight excluding hydrogens is 410 g/mol. The van der Waals surface area contributed by atoms with E-state index in [2.05, 4.69) is 34.0 Å². The summed E-state index contributed by atoms with van der Waals surface area (Å²) in [5.41, 5.74) is 5.24. The molecule has 0 atom stereocenters. The summed E-state index contributed by atoms with van der Waals surface area (Å²) < 4.78 is 2.06. The highest BCUT2D eigenvalue weighted by molar-refractivity contribution is 6.30. The number of carboxylic acid groups (broad SMARTS) is 1. The molecule has 1 aromatic heterocycles. The predicted octanol–water partition coefficient (Wildman–Crippen LogP) is 5.12. The van der Waals surface area contributed by atoms with Gasteiger partial charge in [0.05, 0.1) is 5.56 Å². The first-order valence-corrected chi connectivity index (χ1v) is 10.9. The molecule has 0 aliphatic heterocycles. The van der Waals surface area contributed by atoms with Gasteiger partial charge in [-0.2, -0.15) is 0 Å². The Morgan fingerprint density at radius 1 is 1.10 bits per heavy atom. The van der Waals surface area contributed by atoms with Crippen LogP contribution in [0.2, 0.25) is 5.02 Å². The Morgan fingerprint density at radius 2 is 1.84 bits per heavy atom. The number of carbonyl (C=O) groups is 1. The number of carboxylic acids is 1. The van der Waals surface area contributed by atoms with Crippen molar-refractivity contribution in [1.82, 2.24) is 9.88 Å². The fourth-order valence-electron chi connectivity index (χ4n) is 3.97. The number of aromatic nitrogens is 1. The van der Waals surface area contributed by atoms with Crippen LogP contribution >= 0.6 is 11.6 Å². The van der Waals surface area contributed by atoms with E-state index in [1.807, 2.05) is 56.3 Å². The molecule has 0 aliphatic carbocycles. The number of aromatic carboxylic acids is 1. The van der Waals surface area contributed by atoms with Crippen LogP contribution in [0.25, 0.3) is 0 Å². The third-order valence-corrected chi connectivity index (χ3v) is 5.93. The quantitative estimate of drug-likeness (QED) is 0.430. The summed E-state index contributed by atoms with van der Waals surface area (Å²) >= 11 is 6.12. The molecule has 5 nitrogen and oxygen atoms in total. The molecule has 6 heteroatoms. The van der Waals surface area contributed by atoms with Crippen LogP contribution in [0.15, 0.2) is 54.6 Å². The Labute approximate surface area is 189 Å². The average molecular weight is 440 g/mol. The van der Waals surface area contributed by atoms with Gasteiger partial charge in [-0.3, -0.25) is 0 Å². The normalized spacial score (nSPS) is 11.0. The molecule has 1 heterocycles. The molecule has 0 saturated heterocycles. The third-order valence-electron chi connectivity index (χ3n) is 5.70. The van der Waals surface area contributed by atoms with Crippen LogP contribution in [0.3, 0.4) is 0 Å². The molecule has 2 aromatic carbocycles. The third kappa shape index (κ3) is 5.69. The molecule has 31 heavy (non-hydrogen) atoms. The second kappa shape index (κ2) is 10.5. The van der Waals surface area contributed by atoms with Crippen LogP contribution in [0.5, 0.6) is 0 Å². The molecule has 0 bridgehead atoms. The van der Waals surface area contributed by atoms with Gasteiger partial charge < -0.3 is 19.9 Å². The minimum Gasteiger partial charge on any atom is -0.478 e. The maximum atomic E-state index is 12.0. The molecule has 3 rings (SSSR count). The van der Waals surface area contributed by atoms with Crippen molar-refractivity contribution in [3.63, 3.8) is 0 Å². The highest BCUT2D eigenvalue weighted by Crippen LogP contribution is 2.24. The molecule has 0 fully saturated rings. The SMILES string of the molecule is Cc1c(CNCCCN(C)c2ccccc2)c(C(=O)O)c(C)n1Cc1cccc(Cl)c1. The van der Waals surface area contributed by atoms with Gasteiger partial charge in [0, 0.05) is 54.3 Å². The average Bonchev–Trinajstić information content (AvgIpc) is 2.98. The predicted molar refractivity (Wildman–Crippen MR) is 127 cm³/mol. The van der Waals surface area contributed by atoms with Crippen molar-refractivity contribution in [3.8, 4) is 0 Å². The zero-order valence-corrected chi connectivity index (χ0v) is 19.1. The van der Waals surface area contributed by atoms with E-state index in [9.17, 15) is 9.90 Å². The second-order valence-corrected chi connectivity index (χ2v) is 8.27. The number of hydrogen-bond donors (Lipinski definition) is 2. The van der Waals surface area contributed by atoms with E-state index in [1.165, 1.54) is 5.69 Å². The molecule has 0 radical (unpaired) electrons. The topological polar surface area (TPSA) is 57.5 Å². The van der Waals surface area contributed by atoms with Crippen LogP contribution in [0.1, 0.15) is 39.3 Å². The van der Waals surface area contributed by atoms with E-state index in [1.54, 1.807) is 0 Å². The lowest BCUT2D eigenvalue weighted by Crippen LogP contribution is -2.24. The lowest BCUT2D eigenvalue weighted by Gasteiger charge is -2.19. The van der Waals surface area contributed by atoms with Crippen LogP contribution < -0.4 is 10.2 Å². The Morgan fingerprint density at radius 3 is 2.52 bits per heavy atom. The van der Waals surface area contributed by atoms with E-state index in [4.69, 9.17) is 11.6 Å². The first kappa shape index (κ1) is 22.9. The summed E-state index contributed by atoms with van der Waals surface area (Å²) in [4.78, 5) is 14.2. The minimum atomic E-state index is -0.883. The molecule has 3 aromatic rings. The minimum absolute atomic E-state index is 0.397. The van der Waals surface area contributed by atoms with Crippen molar-refractivity contribution >= 4 is 23.3 Å². The molecule has 0 spiro atoms. The monoisotopic (exact) mass is 439 g/mol. The van der Waals surface area contributed by atoms with E-state index in [-0.39, 0.29) is 0 Å². The van der Waals surface area contributed by atoms with Crippen LogP contribution in [-0.4, -0.2) is 35.8 Å². The van der Waals surface area contributed by atoms with Gasteiger partial charge in [0.1, 0.15) is 0 Å². The van der Waals surface area contributed by atoms with Gasteiger partial charge in [-0.25, -0.2) is 4.79 Å². The van der Waals surface area contributed by atoms with Gasteiger partial charge in [-0.1, -0.05) is 41.9 Å². The van der Waals surface area contributed by atoms with E-state index in [0.29, 0.717) is 23.7 Å². The van der Waals surface area contributed by atoms with Crippen LogP contribution in [0.4, 0.5) is 5.69 Å². The van der Waals surface area contributed by atoms with Crippen molar-refractivity contribution < 1.29 is 9.90 Å². The van der Waals surface area contributed by atoms with Gasteiger partial charge in [-0.15, -0.1) is 0 Å². The molecule has 0 unspecified atom stereocenters. The smallest absolute Gasteiger partial charge is 0.337 e. The fourth-order valence-corrected chi connectivity index (χ4v) is 4.18. The molecular formula is C25H30ClN3O2. The fraction of sp³-hybridized carbons (Fsp3) is 0.320. The van der Waals surface area contributed by atoms with Gasteiger partial charge in [0.25, 0.3) is 0 Å². The van der Waals surface area contributed by atoms with Crippen molar-refractivity contribution in [1.29, 1.82) is 0 Å². The number of nitrogens with one attached hydrogen (secondary N) is 1. The highest BCUT2D eigenvalue weighted by Gasteiger charge is 2.22. The lowest BCUT2D eigenvalue weighted by molar-refractivity contribution is 0.0694. The first-order valence-electron chi connectivity index (χ1n) is 10.5. The molecule has 164 valence electrons. The zero-order chi connectivity index (χ0) is 22.4. The van der Waals surface area contributed by atoms with Crippen molar-refractivity contribution in [2.45, 2.75) is 33.4 Å². The number of benzene rings is 2. The number of nitrogens with zero attached hydrogens (tertiary/aromatic N) is 2. The lowest BCUT2D eigenvalue weighted by atomic mass is 10.1. The summed E-state index contributed by atoms with van der Waals surface area (Å²) in [5, 5.41) is 13.9. The van der Waals surface area contributed by atoms with Gasteiger partial charge >= 0.3 is 5.97 Å². The summed E-state index contributed by atoms with van der Waals surface area (Å²) in [6.45, 7) is 6.74. The van der Waals surface area contributed by atoms with E-state index < -0.39 is 5.97 Å². The number of para-hydroxylation sites is 1. The number of anilines is 1. The summed E-state index contributed by atoms with van der Waals surface area (Å²) in [7, 11) is 2.08. The maximum Gasteiger partial charge on any atom is 0.337 e. The second-order valence-electron chi connectivity index (χ2n) is 7.83. The Balaban J connectivity index is 1.64. The molecule has 0 aliphatic rings.